The van der Waals surface area contributed by atoms with Crippen LogP contribution in [0, 0.1) is 0 Å². The van der Waals surface area contributed by atoms with E-state index in [0.717, 1.165) is 11.1 Å². The van der Waals surface area contributed by atoms with Gasteiger partial charge in [0, 0.05) is 25.9 Å². The van der Waals surface area contributed by atoms with Crippen molar-refractivity contribution in [2.75, 3.05) is 27.3 Å². The van der Waals surface area contributed by atoms with Gasteiger partial charge in [0.2, 0.25) is 11.8 Å². The quantitative estimate of drug-likeness (QED) is 0.411. The van der Waals surface area contributed by atoms with Crippen LogP contribution in [0.1, 0.15) is 36.8 Å². The predicted molar refractivity (Wildman–Crippen MR) is 128 cm³/mol. The summed E-state index contributed by atoms with van der Waals surface area (Å²) in [7, 11) is 3.19. The maximum absolute atomic E-state index is 12.0. The number of hydrogen-bond donors (Lipinski definition) is 2. The van der Waals surface area contributed by atoms with Crippen LogP contribution in [0.15, 0.2) is 36.4 Å². The Morgan fingerprint density at radius 2 is 1.28 bits per heavy atom. The van der Waals surface area contributed by atoms with Crippen molar-refractivity contribution in [2.24, 2.45) is 0 Å². The van der Waals surface area contributed by atoms with Gasteiger partial charge in [-0.15, -0.1) is 0 Å². The molecule has 0 aromatic heterocycles. The van der Waals surface area contributed by atoms with E-state index >= 15 is 0 Å². The number of hydrogen-bond acceptors (Lipinski definition) is 4. The molecule has 0 bridgehead atoms. The molecule has 0 atom stereocenters. The fourth-order valence-corrected chi connectivity index (χ4v) is 3.49. The van der Waals surface area contributed by atoms with Gasteiger partial charge >= 0.3 is 0 Å². The zero-order valence-corrected chi connectivity index (χ0v) is 20.0. The maximum Gasteiger partial charge on any atom is 0.220 e. The Balaban J connectivity index is 1.55. The van der Waals surface area contributed by atoms with Crippen molar-refractivity contribution in [2.45, 2.75) is 38.5 Å². The van der Waals surface area contributed by atoms with Crippen LogP contribution in [-0.2, 0) is 22.4 Å². The van der Waals surface area contributed by atoms with Gasteiger partial charge in [0.25, 0.3) is 0 Å². The highest BCUT2D eigenvalue weighted by Crippen LogP contribution is 2.27. The molecule has 0 fully saturated rings. The molecule has 2 aromatic carbocycles. The summed E-state index contributed by atoms with van der Waals surface area (Å²) in [5.74, 6) is 1.33. The molecular weight excluding hydrogens is 451 g/mol. The average Bonchev–Trinajstić information content (AvgIpc) is 2.79. The van der Waals surface area contributed by atoms with Crippen molar-refractivity contribution in [1.29, 1.82) is 0 Å². The lowest BCUT2D eigenvalue weighted by molar-refractivity contribution is -0.123. The Morgan fingerprint density at radius 1 is 0.750 bits per heavy atom. The van der Waals surface area contributed by atoms with E-state index < -0.39 is 0 Å². The molecule has 6 nitrogen and oxygen atoms in total. The smallest absolute Gasteiger partial charge is 0.220 e. The van der Waals surface area contributed by atoms with E-state index in [4.69, 9.17) is 32.7 Å². The molecule has 2 rings (SSSR count). The van der Waals surface area contributed by atoms with Crippen molar-refractivity contribution in [1.82, 2.24) is 10.6 Å². The standard InChI is InChI=1S/C24H30Cl2N2O4/c1-31-21-10-8-18(16-22(21)32-2)12-14-28-24(30)6-4-3-5-23(29)27-13-11-17-7-9-19(25)20(26)15-17/h7-10,15-16H,3-6,11-14H2,1-2H3,(H,27,29)(H,28,30). The number of amides is 2. The molecule has 0 aliphatic rings. The summed E-state index contributed by atoms with van der Waals surface area (Å²) in [6.07, 6.45) is 3.53. The summed E-state index contributed by atoms with van der Waals surface area (Å²) in [4.78, 5) is 24.0. The van der Waals surface area contributed by atoms with Crippen LogP contribution in [0.4, 0.5) is 0 Å². The van der Waals surface area contributed by atoms with E-state index in [2.05, 4.69) is 10.6 Å². The summed E-state index contributed by atoms with van der Waals surface area (Å²) in [5.41, 5.74) is 2.07. The molecule has 2 N–H and O–H groups in total. The molecule has 0 saturated carbocycles. The lowest BCUT2D eigenvalue weighted by Gasteiger charge is -2.10. The van der Waals surface area contributed by atoms with Crippen molar-refractivity contribution < 1.29 is 19.1 Å². The lowest BCUT2D eigenvalue weighted by Crippen LogP contribution is -2.26. The molecule has 0 radical (unpaired) electrons. The summed E-state index contributed by atoms with van der Waals surface area (Å²) in [5, 5.41) is 6.83. The molecule has 0 heterocycles. The lowest BCUT2D eigenvalue weighted by atomic mass is 10.1. The number of carbonyl (C=O) groups excluding carboxylic acids is 2. The summed E-state index contributed by atoms with van der Waals surface area (Å²) in [6.45, 7) is 1.08. The SMILES string of the molecule is COc1ccc(CCNC(=O)CCCCC(=O)NCCc2ccc(Cl)c(Cl)c2)cc1OC. The highest BCUT2D eigenvalue weighted by Gasteiger charge is 2.07. The predicted octanol–water partition coefficient (Wildman–Crippen LogP) is 4.59. The Morgan fingerprint density at radius 3 is 1.81 bits per heavy atom. The van der Waals surface area contributed by atoms with Gasteiger partial charge in [0.1, 0.15) is 0 Å². The Bertz CT molecular complexity index is 906. The first-order chi connectivity index (χ1) is 15.4. The van der Waals surface area contributed by atoms with Gasteiger partial charge in [-0.2, -0.15) is 0 Å². The summed E-state index contributed by atoms with van der Waals surface area (Å²) >= 11 is 11.9. The second kappa shape index (κ2) is 13.9. The van der Waals surface area contributed by atoms with Crippen LogP contribution in [0.5, 0.6) is 11.5 Å². The number of carbonyl (C=O) groups is 2. The van der Waals surface area contributed by atoms with Crippen LogP contribution >= 0.6 is 23.2 Å². The molecule has 8 heteroatoms. The minimum absolute atomic E-state index is 0.00879. The third-order valence-corrected chi connectivity index (χ3v) is 5.70. The van der Waals surface area contributed by atoms with E-state index in [0.29, 0.717) is 73.2 Å². The highest BCUT2D eigenvalue weighted by atomic mass is 35.5. The van der Waals surface area contributed by atoms with Gasteiger partial charge in [-0.25, -0.2) is 0 Å². The molecular formula is C24H30Cl2N2O4. The number of ether oxygens (including phenoxy) is 2. The van der Waals surface area contributed by atoms with E-state index in [-0.39, 0.29) is 11.8 Å². The minimum Gasteiger partial charge on any atom is -0.493 e. The number of methoxy groups -OCH3 is 2. The molecule has 32 heavy (non-hydrogen) atoms. The van der Waals surface area contributed by atoms with Crippen LogP contribution < -0.4 is 20.1 Å². The fourth-order valence-electron chi connectivity index (χ4n) is 3.17. The number of rotatable bonds is 13. The van der Waals surface area contributed by atoms with E-state index in [9.17, 15) is 9.59 Å². The van der Waals surface area contributed by atoms with Crippen molar-refractivity contribution in [3.8, 4) is 11.5 Å². The second-order valence-corrected chi connectivity index (χ2v) is 8.16. The van der Waals surface area contributed by atoms with Crippen LogP contribution in [0.25, 0.3) is 0 Å². The third kappa shape index (κ3) is 8.97. The van der Waals surface area contributed by atoms with Crippen LogP contribution in [0.3, 0.4) is 0 Å². The summed E-state index contributed by atoms with van der Waals surface area (Å²) in [6, 6.07) is 11.2. The summed E-state index contributed by atoms with van der Waals surface area (Å²) < 4.78 is 10.5. The van der Waals surface area contributed by atoms with E-state index in [1.54, 1.807) is 26.4 Å². The number of halogens is 2. The first-order valence-corrected chi connectivity index (χ1v) is 11.4. The topological polar surface area (TPSA) is 76.7 Å². The molecule has 0 spiro atoms. The monoisotopic (exact) mass is 480 g/mol. The van der Waals surface area contributed by atoms with Gasteiger partial charge in [0.15, 0.2) is 11.5 Å². The van der Waals surface area contributed by atoms with Crippen molar-refractivity contribution in [3.05, 3.63) is 57.6 Å². The van der Waals surface area contributed by atoms with Crippen LogP contribution in [0.2, 0.25) is 10.0 Å². The second-order valence-electron chi connectivity index (χ2n) is 7.34. The van der Waals surface area contributed by atoms with E-state index in [1.165, 1.54) is 0 Å². The minimum atomic E-state index is -0.0149. The zero-order valence-electron chi connectivity index (χ0n) is 18.5. The molecule has 2 amide bonds. The third-order valence-electron chi connectivity index (χ3n) is 4.96. The van der Waals surface area contributed by atoms with Crippen molar-refractivity contribution >= 4 is 35.0 Å². The number of nitrogens with one attached hydrogen (secondary N) is 2. The molecule has 2 aromatic rings. The van der Waals surface area contributed by atoms with Gasteiger partial charge < -0.3 is 20.1 Å². The van der Waals surface area contributed by atoms with E-state index in [1.807, 2.05) is 24.3 Å². The van der Waals surface area contributed by atoms with Gasteiger partial charge in [0.05, 0.1) is 24.3 Å². The number of benzene rings is 2. The van der Waals surface area contributed by atoms with Crippen LogP contribution in [-0.4, -0.2) is 39.1 Å². The van der Waals surface area contributed by atoms with Gasteiger partial charge in [-0.1, -0.05) is 35.3 Å². The molecule has 0 aliphatic heterocycles. The fraction of sp³-hybridized carbons (Fsp3) is 0.417. The number of unbranched alkanes of at least 4 members (excludes halogenated alkanes) is 1. The first-order valence-electron chi connectivity index (χ1n) is 10.6. The van der Waals surface area contributed by atoms with Gasteiger partial charge in [-0.05, 0) is 61.1 Å². The molecule has 0 saturated heterocycles. The zero-order chi connectivity index (χ0) is 23.3. The largest absolute Gasteiger partial charge is 0.493 e. The molecule has 0 unspecified atom stereocenters. The Kier molecular flexibility index (Phi) is 11.2. The highest BCUT2D eigenvalue weighted by molar-refractivity contribution is 6.42. The average molecular weight is 481 g/mol. The van der Waals surface area contributed by atoms with Crippen molar-refractivity contribution in [3.63, 3.8) is 0 Å². The molecule has 174 valence electrons. The Labute approximate surface area is 199 Å². The molecule has 0 aliphatic carbocycles. The first kappa shape index (κ1) is 25.8. The van der Waals surface area contributed by atoms with Gasteiger partial charge in [-0.3, -0.25) is 9.59 Å². The Hall–Kier alpha value is -2.44. The normalized spacial score (nSPS) is 10.5. The maximum atomic E-state index is 12.0.